The van der Waals surface area contributed by atoms with Gasteiger partial charge in [-0.1, -0.05) is 31.2 Å². The molecule has 138 valence electrons. The number of alkyl carbamates (subject to hydrolysis) is 1. The second-order valence-corrected chi connectivity index (χ2v) is 7.91. The van der Waals surface area contributed by atoms with Crippen molar-refractivity contribution in [1.29, 1.82) is 5.26 Å². The molecule has 1 aromatic heterocycles. The Morgan fingerprint density at radius 2 is 1.92 bits per heavy atom. The summed E-state index contributed by atoms with van der Waals surface area (Å²) in [5.74, 6) is 0.904. The van der Waals surface area contributed by atoms with Gasteiger partial charge in [0.15, 0.2) is 5.69 Å². The number of hydrogen-bond acceptors (Lipinski definition) is 4. The number of ether oxygens (including phenoxy) is 1. The average molecular weight is 466 g/mol. The molecule has 26 heavy (non-hydrogen) atoms. The minimum absolute atomic E-state index is 0.413. The lowest BCUT2D eigenvalue weighted by Crippen LogP contribution is -2.32. The standard InChI is InChI=1S/C19H23IN4O2/c1-5-16-23-15(10-21)17(20)24(16)12-14-8-6-13(7-9-14)11-22-18(25)26-19(2,3)4/h6-9H,5,11-12H2,1-4H3,(H,22,25). The monoisotopic (exact) mass is 466 g/mol. The second-order valence-electron chi connectivity index (χ2n) is 6.89. The number of benzene rings is 1. The van der Waals surface area contributed by atoms with Crippen molar-refractivity contribution < 1.29 is 9.53 Å². The number of halogens is 1. The van der Waals surface area contributed by atoms with E-state index in [1.54, 1.807) is 0 Å². The summed E-state index contributed by atoms with van der Waals surface area (Å²) in [5, 5.41) is 11.9. The maximum Gasteiger partial charge on any atom is 0.407 e. The van der Waals surface area contributed by atoms with E-state index in [-0.39, 0.29) is 0 Å². The Bertz CT molecular complexity index is 814. The smallest absolute Gasteiger partial charge is 0.407 e. The Balaban J connectivity index is 2.01. The summed E-state index contributed by atoms with van der Waals surface area (Å²) in [6.07, 6.45) is 0.349. The number of rotatable bonds is 5. The summed E-state index contributed by atoms with van der Waals surface area (Å²) in [5.41, 5.74) is 2.07. The molecule has 0 aliphatic heterocycles. The summed E-state index contributed by atoms with van der Waals surface area (Å²) >= 11 is 2.17. The first kappa shape index (κ1) is 20.2. The molecule has 2 aromatic rings. The van der Waals surface area contributed by atoms with E-state index in [4.69, 9.17) is 10.00 Å². The van der Waals surface area contributed by atoms with Crippen molar-refractivity contribution in [2.24, 2.45) is 0 Å². The Hall–Kier alpha value is -2.08. The molecule has 0 fully saturated rings. The molecule has 0 saturated heterocycles. The number of imidazole rings is 1. The van der Waals surface area contributed by atoms with Crippen molar-refractivity contribution >= 4 is 28.7 Å². The maximum atomic E-state index is 11.7. The van der Waals surface area contributed by atoms with Crippen LogP contribution in [0.15, 0.2) is 24.3 Å². The Morgan fingerprint density at radius 1 is 1.31 bits per heavy atom. The normalized spacial score (nSPS) is 11.1. The predicted octanol–water partition coefficient (Wildman–Crippen LogP) is 3.99. The van der Waals surface area contributed by atoms with Gasteiger partial charge in [0.05, 0.1) is 0 Å². The fourth-order valence-electron chi connectivity index (χ4n) is 2.41. The summed E-state index contributed by atoms with van der Waals surface area (Å²) in [7, 11) is 0. The molecular formula is C19H23IN4O2. The largest absolute Gasteiger partial charge is 0.444 e. The molecule has 0 bridgehead atoms. The van der Waals surface area contributed by atoms with Crippen molar-refractivity contribution in [1.82, 2.24) is 14.9 Å². The quantitative estimate of drug-likeness (QED) is 0.676. The number of nitrogens with zero attached hydrogens (tertiary/aromatic N) is 3. The molecule has 0 aliphatic carbocycles. The molecular weight excluding hydrogens is 443 g/mol. The van der Waals surface area contributed by atoms with Gasteiger partial charge in [-0.25, -0.2) is 9.78 Å². The van der Waals surface area contributed by atoms with Crippen molar-refractivity contribution in [3.05, 3.63) is 50.6 Å². The van der Waals surface area contributed by atoms with E-state index in [0.29, 0.717) is 18.8 Å². The third kappa shape index (κ3) is 5.46. The van der Waals surface area contributed by atoms with Crippen LogP contribution in [0.25, 0.3) is 0 Å². The molecule has 0 spiro atoms. The molecule has 1 aromatic carbocycles. The van der Waals surface area contributed by atoms with E-state index in [2.05, 4.69) is 43.5 Å². The highest BCUT2D eigenvalue weighted by Gasteiger charge is 2.16. The van der Waals surface area contributed by atoms with Crippen LogP contribution < -0.4 is 5.32 Å². The number of carbonyl (C=O) groups excluding carboxylic acids is 1. The summed E-state index contributed by atoms with van der Waals surface area (Å²) in [6.45, 7) is 8.61. The number of aromatic nitrogens is 2. The SMILES string of the molecule is CCc1nc(C#N)c(I)n1Cc1ccc(CNC(=O)OC(C)(C)C)cc1. The number of aryl methyl sites for hydroxylation is 1. The van der Waals surface area contributed by atoms with Gasteiger partial charge in [-0.05, 0) is 54.5 Å². The van der Waals surface area contributed by atoms with Gasteiger partial charge in [-0.3, -0.25) is 0 Å². The molecule has 0 unspecified atom stereocenters. The van der Waals surface area contributed by atoms with Crippen LogP contribution in [0.5, 0.6) is 0 Å². The maximum absolute atomic E-state index is 11.7. The average Bonchev–Trinajstić information content (AvgIpc) is 2.88. The number of hydrogen-bond donors (Lipinski definition) is 1. The molecule has 0 saturated carbocycles. The highest BCUT2D eigenvalue weighted by Crippen LogP contribution is 2.17. The second kappa shape index (κ2) is 8.54. The topological polar surface area (TPSA) is 79.9 Å². The third-order valence-corrected chi connectivity index (χ3v) is 4.70. The lowest BCUT2D eigenvalue weighted by Gasteiger charge is -2.19. The van der Waals surface area contributed by atoms with Gasteiger partial charge in [0.2, 0.25) is 0 Å². The van der Waals surface area contributed by atoms with E-state index in [1.165, 1.54) is 0 Å². The van der Waals surface area contributed by atoms with Crippen LogP contribution in [0.2, 0.25) is 0 Å². The first-order chi connectivity index (χ1) is 12.2. The molecule has 1 amide bonds. The van der Waals surface area contributed by atoms with E-state index in [0.717, 1.165) is 27.1 Å². The van der Waals surface area contributed by atoms with Crippen LogP contribution in [-0.4, -0.2) is 21.2 Å². The van der Waals surface area contributed by atoms with Gasteiger partial charge >= 0.3 is 6.09 Å². The van der Waals surface area contributed by atoms with Gasteiger partial charge in [0, 0.05) is 19.5 Å². The zero-order valence-electron chi connectivity index (χ0n) is 15.5. The molecule has 6 nitrogen and oxygen atoms in total. The molecule has 0 atom stereocenters. The third-order valence-electron chi connectivity index (χ3n) is 3.61. The fourth-order valence-corrected chi connectivity index (χ4v) is 3.10. The zero-order chi connectivity index (χ0) is 19.3. The van der Waals surface area contributed by atoms with E-state index in [1.807, 2.05) is 52.0 Å². The predicted molar refractivity (Wildman–Crippen MR) is 108 cm³/mol. The van der Waals surface area contributed by atoms with Crippen molar-refractivity contribution in [3.8, 4) is 6.07 Å². The van der Waals surface area contributed by atoms with Crippen LogP contribution in [-0.2, 0) is 24.2 Å². The van der Waals surface area contributed by atoms with Crippen LogP contribution in [0.4, 0.5) is 4.79 Å². The summed E-state index contributed by atoms with van der Waals surface area (Å²) in [4.78, 5) is 16.1. The van der Waals surface area contributed by atoms with Gasteiger partial charge in [-0.2, -0.15) is 5.26 Å². The van der Waals surface area contributed by atoms with E-state index >= 15 is 0 Å². The number of carbonyl (C=O) groups is 1. The summed E-state index contributed by atoms with van der Waals surface area (Å²) in [6, 6.07) is 10.1. The van der Waals surface area contributed by atoms with Gasteiger partial charge in [0.25, 0.3) is 0 Å². The highest BCUT2D eigenvalue weighted by molar-refractivity contribution is 14.1. The minimum atomic E-state index is -0.505. The Morgan fingerprint density at radius 3 is 2.46 bits per heavy atom. The molecule has 0 aliphatic rings. The van der Waals surface area contributed by atoms with Crippen molar-refractivity contribution in [2.75, 3.05) is 0 Å². The number of amides is 1. The number of nitriles is 1. The molecule has 1 N–H and O–H groups in total. The Labute approximate surface area is 167 Å². The Kier molecular flexibility index (Phi) is 6.64. The molecule has 2 rings (SSSR count). The van der Waals surface area contributed by atoms with E-state index < -0.39 is 11.7 Å². The lowest BCUT2D eigenvalue weighted by molar-refractivity contribution is 0.0523. The first-order valence-corrected chi connectivity index (χ1v) is 9.51. The van der Waals surface area contributed by atoms with Crippen LogP contribution in [0.3, 0.4) is 0 Å². The van der Waals surface area contributed by atoms with Crippen molar-refractivity contribution in [3.63, 3.8) is 0 Å². The van der Waals surface area contributed by atoms with Gasteiger partial charge in [0.1, 0.15) is 21.2 Å². The van der Waals surface area contributed by atoms with Crippen LogP contribution in [0.1, 0.15) is 50.3 Å². The molecule has 7 heteroatoms. The van der Waals surface area contributed by atoms with Crippen molar-refractivity contribution in [2.45, 2.75) is 52.8 Å². The first-order valence-electron chi connectivity index (χ1n) is 8.43. The van der Waals surface area contributed by atoms with Crippen LogP contribution in [0, 0.1) is 15.0 Å². The zero-order valence-corrected chi connectivity index (χ0v) is 17.6. The molecule has 1 heterocycles. The highest BCUT2D eigenvalue weighted by atomic mass is 127. The fraction of sp³-hybridized carbons (Fsp3) is 0.421. The number of nitrogens with one attached hydrogen (secondary N) is 1. The lowest BCUT2D eigenvalue weighted by atomic mass is 10.1. The minimum Gasteiger partial charge on any atom is -0.444 e. The van der Waals surface area contributed by atoms with Crippen LogP contribution >= 0.6 is 22.6 Å². The van der Waals surface area contributed by atoms with Gasteiger partial charge < -0.3 is 14.6 Å². The summed E-state index contributed by atoms with van der Waals surface area (Å²) < 4.78 is 8.15. The molecule has 0 radical (unpaired) electrons. The van der Waals surface area contributed by atoms with E-state index in [9.17, 15) is 4.79 Å². The van der Waals surface area contributed by atoms with Gasteiger partial charge in [-0.15, -0.1) is 0 Å².